The summed E-state index contributed by atoms with van der Waals surface area (Å²) in [5, 5.41) is 3.27. The number of esters is 2. The quantitative estimate of drug-likeness (QED) is 0.0672. The van der Waals surface area contributed by atoms with Crippen LogP contribution in [0.25, 0.3) is 22.3 Å². The maximum absolute atomic E-state index is 13.4. The van der Waals surface area contributed by atoms with Gasteiger partial charge in [-0.3, -0.25) is 24.1 Å². The Hall–Kier alpha value is -7.85. The Morgan fingerprint density at radius 2 is 0.988 bits per heavy atom. The minimum absolute atomic E-state index is 0.0116. The summed E-state index contributed by atoms with van der Waals surface area (Å²) in [6.07, 6.45) is 1.52. The fourth-order valence-corrected chi connectivity index (χ4v) is 10.5. The van der Waals surface area contributed by atoms with Crippen molar-refractivity contribution >= 4 is 80.6 Å². The summed E-state index contributed by atoms with van der Waals surface area (Å²) in [5.74, 6) is -1.15. The predicted molar refractivity (Wildman–Crippen MR) is 322 cm³/mol. The molecule has 6 aromatic carbocycles. The standard InChI is InChI=1S/C33H35N3O4.C28H24ClNO4.C5H12N2/c1-34-15-17-36(18-16-34)22-31(38)35(2)27-12-9-23(10-13-27)19-29(24-7-5-4-6-8-24)32-28-14-11-25(33(39)40-3)20-26(28)21-30(32)37;1-30(26(32)17-29)22-11-8-18(9-12-22)14-24(19-6-4-3-5-7-19)27-23-13-10-20(28(33)34-2)15-21(23)16-25(27)31;1-7-4-2-6-3-5-7/h4-14,20H,15-19,21-22H2,1-3H3;3-13,15H,14,16-17H2,1-2H3;6H,2-5H2,1H3/b32-29+;27-24+;/i1D3;;. The molecule has 0 aromatic heterocycles. The van der Waals surface area contributed by atoms with Crippen molar-refractivity contribution in [2.24, 2.45) is 0 Å². The number of nitrogens with zero attached hydrogens (tertiary/aromatic N) is 5. The zero-order chi connectivity index (χ0) is 60.1. The number of nitrogens with one attached hydrogen (secondary N) is 1. The maximum atomic E-state index is 13.4. The van der Waals surface area contributed by atoms with E-state index in [9.17, 15) is 28.8 Å². The van der Waals surface area contributed by atoms with E-state index in [0.29, 0.717) is 61.3 Å². The molecule has 4 aliphatic rings. The van der Waals surface area contributed by atoms with Gasteiger partial charge in [0.2, 0.25) is 11.8 Å². The van der Waals surface area contributed by atoms with Crippen molar-refractivity contribution in [2.75, 3.05) is 117 Å². The summed E-state index contributed by atoms with van der Waals surface area (Å²) in [6, 6.07) is 45.6. The van der Waals surface area contributed by atoms with Crippen molar-refractivity contribution in [1.29, 1.82) is 0 Å². The van der Waals surface area contributed by atoms with E-state index in [1.54, 1.807) is 43.3 Å². The van der Waals surface area contributed by atoms with Gasteiger partial charge in [-0.05, 0) is 131 Å². The molecule has 2 aliphatic heterocycles. The van der Waals surface area contributed by atoms with Crippen molar-refractivity contribution in [3.8, 4) is 0 Å². The van der Waals surface area contributed by atoms with Crippen LogP contribution in [-0.2, 0) is 54.3 Å². The van der Waals surface area contributed by atoms with Gasteiger partial charge < -0.3 is 34.4 Å². The number of likely N-dealkylation sites (N-methyl/N-ethyl adjacent to an activating group) is 3. The molecular formula is C66H71ClN6O8. The number of ketones is 2. The number of halogens is 1. The number of allylic oxidation sites excluding steroid dienone is 4. The Labute approximate surface area is 484 Å². The van der Waals surface area contributed by atoms with E-state index in [1.807, 2.05) is 126 Å². The van der Waals surface area contributed by atoms with Gasteiger partial charge in [0, 0.05) is 106 Å². The molecule has 0 bridgehead atoms. The van der Waals surface area contributed by atoms with Crippen LogP contribution in [0, 0.1) is 0 Å². The summed E-state index contributed by atoms with van der Waals surface area (Å²) >= 11 is 5.67. The summed E-state index contributed by atoms with van der Waals surface area (Å²) < 4.78 is 32.4. The van der Waals surface area contributed by atoms with E-state index in [1.165, 1.54) is 37.1 Å². The average molecular weight is 1110 g/mol. The first-order valence-electron chi connectivity index (χ1n) is 28.6. The van der Waals surface area contributed by atoms with E-state index in [4.69, 9.17) is 25.2 Å². The molecule has 0 atom stereocenters. The monoisotopic (exact) mass is 1110 g/mol. The Kier molecular flexibility index (Phi) is 19.1. The highest BCUT2D eigenvalue weighted by molar-refractivity contribution is 6.33. The third kappa shape index (κ3) is 14.9. The lowest BCUT2D eigenvalue weighted by molar-refractivity contribution is -0.120. The molecular weight excluding hydrogens is 1040 g/mol. The number of benzene rings is 6. The summed E-state index contributed by atoms with van der Waals surface area (Å²) in [5.41, 5.74) is 12.8. The van der Waals surface area contributed by atoms with Crippen LogP contribution in [0.15, 0.2) is 146 Å². The molecule has 10 rings (SSSR count). The van der Waals surface area contributed by atoms with Gasteiger partial charge in [0.05, 0.1) is 31.9 Å². The predicted octanol–water partition coefficient (Wildman–Crippen LogP) is 8.44. The molecule has 2 fully saturated rings. The number of Topliss-reactive ketones (excluding diaryl/α,β-unsaturated/α-hetero) is 2. The molecule has 0 saturated carbocycles. The highest BCUT2D eigenvalue weighted by Gasteiger charge is 2.31. The van der Waals surface area contributed by atoms with E-state index in [-0.39, 0.29) is 48.6 Å². The number of anilines is 2. The van der Waals surface area contributed by atoms with Crippen LogP contribution >= 0.6 is 11.6 Å². The molecule has 1 N–H and O–H groups in total. The lowest BCUT2D eigenvalue weighted by Gasteiger charge is -2.32. The van der Waals surface area contributed by atoms with Crippen LogP contribution in [-0.4, -0.2) is 157 Å². The zero-order valence-corrected chi connectivity index (χ0v) is 47.4. The average Bonchev–Trinajstić information content (AvgIpc) is 4.04. The number of methoxy groups -OCH3 is 2. The largest absolute Gasteiger partial charge is 0.465 e. The van der Waals surface area contributed by atoms with Gasteiger partial charge in [0.1, 0.15) is 5.88 Å². The number of hydrogen-bond donors (Lipinski definition) is 1. The first-order valence-corrected chi connectivity index (χ1v) is 27.6. The van der Waals surface area contributed by atoms with E-state index < -0.39 is 18.9 Å². The maximum Gasteiger partial charge on any atom is 0.337 e. The summed E-state index contributed by atoms with van der Waals surface area (Å²) in [4.78, 5) is 84.5. The number of carbonyl (C=O) groups excluding carboxylic acids is 6. The van der Waals surface area contributed by atoms with Gasteiger partial charge in [-0.2, -0.15) is 0 Å². The number of rotatable bonds is 13. The molecule has 2 aliphatic carbocycles. The van der Waals surface area contributed by atoms with Crippen LogP contribution in [0.2, 0.25) is 0 Å². The SMILES string of the molecule is CN1CCNCC1.COC(=O)c1ccc2c(c1)CC(=O)/C2=C(\Cc1ccc(N(C)C(=O)CCl)cc1)c1ccccc1.[2H]C([2H])([2H])N1CCN(CC(=O)N(C)c2ccc(C/C(=C3\C(=O)Cc4cc(C(=O)OC)ccc43)c3ccccc3)cc2)CC1. The molecule has 420 valence electrons. The third-order valence-electron chi connectivity index (χ3n) is 15.0. The second kappa shape index (κ2) is 28.0. The van der Waals surface area contributed by atoms with Crippen molar-refractivity contribution in [3.05, 3.63) is 201 Å². The number of piperazine rings is 2. The first-order chi connectivity index (χ1) is 40.4. The van der Waals surface area contributed by atoms with Gasteiger partial charge in [-0.25, -0.2) is 9.59 Å². The lowest BCUT2D eigenvalue weighted by Crippen LogP contribution is -2.48. The summed E-state index contributed by atoms with van der Waals surface area (Å²) in [7, 11) is 8.26. The fraction of sp³-hybridized carbons (Fsp3) is 0.303. The normalized spacial score (nSPS) is 17.1. The van der Waals surface area contributed by atoms with Crippen molar-refractivity contribution in [3.63, 3.8) is 0 Å². The summed E-state index contributed by atoms with van der Waals surface area (Å²) in [6.45, 7) is 4.72. The van der Waals surface area contributed by atoms with Gasteiger partial charge >= 0.3 is 11.9 Å². The van der Waals surface area contributed by atoms with Crippen molar-refractivity contribution in [1.82, 2.24) is 20.0 Å². The topological polar surface area (TPSA) is 149 Å². The number of amides is 2. The molecule has 81 heavy (non-hydrogen) atoms. The van der Waals surface area contributed by atoms with E-state index in [2.05, 4.69) is 17.3 Å². The van der Waals surface area contributed by atoms with Gasteiger partial charge in [-0.1, -0.05) is 97.1 Å². The molecule has 6 aromatic rings. The van der Waals surface area contributed by atoms with Crippen LogP contribution in [0.4, 0.5) is 11.4 Å². The number of ether oxygens (including phenoxy) is 2. The number of alkyl halides is 1. The fourth-order valence-electron chi connectivity index (χ4n) is 10.3. The van der Waals surface area contributed by atoms with Crippen LogP contribution < -0.4 is 15.1 Å². The van der Waals surface area contributed by atoms with E-state index >= 15 is 0 Å². The second-order valence-corrected chi connectivity index (χ2v) is 20.7. The van der Waals surface area contributed by atoms with Gasteiger partial charge in [0.25, 0.3) is 0 Å². The molecule has 0 radical (unpaired) electrons. The lowest BCUT2D eigenvalue weighted by atomic mass is 9.90. The number of fused-ring (bicyclic) bond motifs is 2. The number of carbonyl (C=O) groups is 6. The van der Waals surface area contributed by atoms with Gasteiger partial charge in [-0.15, -0.1) is 11.6 Å². The van der Waals surface area contributed by atoms with Crippen molar-refractivity contribution < 1.29 is 42.4 Å². The highest BCUT2D eigenvalue weighted by Crippen LogP contribution is 2.40. The van der Waals surface area contributed by atoms with Crippen LogP contribution in [0.5, 0.6) is 0 Å². The zero-order valence-electron chi connectivity index (χ0n) is 49.6. The van der Waals surface area contributed by atoms with Crippen molar-refractivity contribution in [2.45, 2.75) is 25.7 Å². The Bertz CT molecular complexity index is 3410. The molecule has 15 heteroatoms. The van der Waals surface area contributed by atoms with E-state index in [0.717, 1.165) is 80.1 Å². The molecule has 2 heterocycles. The minimum atomic E-state index is -2.10. The van der Waals surface area contributed by atoms with Crippen LogP contribution in [0.3, 0.4) is 0 Å². The minimum Gasteiger partial charge on any atom is -0.465 e. The smallest absolute Gasteiger partial charge is 0.337 e. The number of hydrogen-bond acceptors (Lipinski definition) is 12. The van der Waals surface area contributed by atoms with Gasteiger partial charge in [0.15, 0.2) is 11.6 Å². The molecule has 2 saturated heterocycles. The van der Waals surface area contributed by atoms with Crippen LogP contribution in [0.1, 0.15) is 69.3 Å². The Morgan fingerprint density at radius 3 is 1.37 bits per heavy atom. The molecule has 0 spiro atoms. The third-order valence-corrected chi connectivity index (χ3v) is 15.3. The molecule has 14 nitrogen and oxygen atoms in total. The highest BCUT2D eigenvalue weighted by atomic mass is 35.5. The Balaban J connectivity index is 0.000000200. The second-order valence-electron chi connectivity index (χ2n) is 20.4. The molecule has 2 amide bonds. The first kappa shape index (κ1) is 55.1. The Morgan fingerprint density at radius 1 is 0.556 bits per heavy atom. The molecule has 0 unspecified atom stereocenters.